The summed E-state index contributed by atoms with van der Waals surface area (Å²) in [4.78, 5) is 3.90. The van der Waals surface area contributed by atoms with Gasteiger partial charge in [-0.2, -0.15) is 0 Å². The summed E-state index contributed by atoms with van der Waals surface area (Å²) >= 11 is 5.68. The number of fused-ring (bicyclic) bond motifs is 1. The van der Waals surface area contributed by atoms with Crippen LogP contribution in [0.3, 0.4) is 0 Å². The molecule has 2 aliphatic heterocycles. The van der Waals surface area contributed by atoms with Gasteiger partial charge in [0.2, 0.25) is 0 Å². The summed E-state index contributed by atoms with van der Waals surface area (Å²) in [5.74, 6) is 0. The van der Waals surface area contributed by atoms with Gasteiger partial charge in [0.1, 0.15) is 11.5 Å². The number of rotatable bonds is 0. The summed E-state index contributed by atoms with van der Waals surface area (Å²) < 4.78 is 0. The zero-order valence-electron chi connectivity index (χ0n) is 5.95. The van der Waals surface area contributed by atoms with Crippen molar-refractivity contribution in [1.29, 1.82) is 0 Å². The van der Waals surface area contributed by atoms with E-state index in [1.165, 1.54) is 0 Å². The van der Waals surface area contributed by atoms with E-state index in [9.17, 15) is 0 Å². The van der Waals surface area contributed by atoms with Crippen molar-refractivity contribution >= 4 is 17.9 Å². The molecule has 0 fully saturated rings. The maximum atomic E-state index is 5.68. The Labute approximate surface area is 69.4 Å². The van der Waals surface area contributed by atoms with E-state index in [0.717, 1.165) is 5.70 Å². The molecule has 0 saturated heterocycles. The van der Waals surface area contributed by atoms with E-state index in [0.29, 0.717) is 5.16 Å². The van der Waals surface area contributed by atoms with Gasteiger partial charge in [0.05, 0.1) is 5.70 Å². The minimum atomic E-state index is 0.504. The van der Waals surface area contributed by atoms with Gasteiger partial charge in [-0.25, -0.2) is 10.0 Å². The average Bonchev–Trinajstić information content (AvgIpc) is 2.27. The van der Waals surface area contributed by atoms with Crippen LogP contribution in [-0.4, -0.2) is 23.4 Å². The van der Waals surface area contributed by atoms with E-state index in [-0.39, 0.29) is 0 Å². The number of nitrogens with one attached hydrogen (secondary N) is 1. The zero-order chi connectivity index (χ0) is 7.84. The lowest BCUT2D eigenvalue weighted by atomic mass is 10.4. The minimum Gasteiger partial charge on any atom is -0.299 e. The molecule has 0 bridgehead atoms. The minimum absolute atomic E-state index is 0.504. The third-order valence-electron chi connectivity index (χ3n) is 1.43. The molecule has 0 saturated carbocycles. The molecule has 0 atom stereocenters. The first-order valence-corrected chi connectivity index (χ1v) is 3.55. The smallest absolute Gasteiger partial charge is 0.133 e. The molecule has 0 amide bonds. The van der Waals surface area contributed by atoms with E-state index in [4.69, 9.17) is 11.6 Å². The molecule has 11 heavy (non-hydrogen) atoms. The molecule has 5 heteroatoms. The van der Waals surface area contributed by atoms with Crippen molar-refractivity contribution in [2.75, 3.05) is 7.05 Å². The fourth-order valence-corrected chi connectivity index (χ4v) is 1.14. The lowest BCUT2D eigenvalue weighted by molar-refractivity contribution is 0.232. The SMILES string of the molecule is CN1C=C2C=C(Cl)N=CN2N1. The third kappa shape index (κ3) is 1.10. The number of halogens is 1. The van der Waals surface area contributed by atoms with Gasteiger partial charge in [0, 0.05) is 19.3 Å². The van der Waals surface area contributed by atoms with E-state index in [2.05, 4.69) is 10.5 Å². The van der Waals surface area contributed by atoms with Crippen LogP contribution in [0.2, 0.25) is 0 Å². The number of allylic oxidation sites excluding steroid dienone is 1. The lowest BCUT2D eigenvalue weighted by Gasteiger charge is -2.18. The third-order valence-corrected chi connectivity index (χ3v) is 1.64. The largest absolute Gasteiger partial charge is 0.299 e. The Balaban J connectivity index is 2.31. The Bertz CT molecular complexity index is 268. The number of hydrazine groups is 2. The zero-order valence-corrected chi connectivity index (χ0v) is 6.71. The number of hydrogen-bond acceptors (Lipinski definition) is 4. The quantitative estimate of drug-likeness (QED) is 0.541. The molecule has 0 radical (unpaired) electrons. The Morgan fingerprint density at radius 3 is 3.27 bits per heavy atom. The molecule has 1 N–H and O–H groups in total. The first-order chi connectivity index (χ1) is 5.25. The first kappa shape index (κ1) is 6.69. The van der Waals surface area contributed by atoms with Gasteiger partial charge in [0.25, 0.3) is 0 Å². The molecule has 0 unspecified atom stereocenters. The van der Waals surface area contributed by atoms with Gasteiger partial charge in [0.15, 0.2) is 0 Å². The van der Waals surface area contributed by atoms with Crippen molar-refractivity contribution in [3.05, 3.63) is 23.1 Å². The second kappa shape index (κ2) is 2.25. The summed E-state index contributed by atoms with van der Waals surface area (Å²) in [5, 5.41) is 4.11. The highest BCUT2D eigenvalue weighted by Crippen LogP contribution is 2.18. The molecule has 0 spiro atoms. The second-order valence-electron chi connectivity index (χ2n) is 2.35. The molecule has 0 aliphatic carbocycles. The molecular formula is C6H7ClN4. The molecule has 4 nitrogen and oxygen atoms in total. The summed E-state index contributed by atoms with van der Waals surface area (Å²) in [6, 6.07) is 0. The standard InChI is InChI=1S/C6H7ClN4/c1-10-3-5-2-6(7)8-4-11(5)9-10/h2-4,9H,1H3. The van der Waals surface area contributed by atoms with E-state index < -0.39 is 0 Å². The molecular weight excluding hydrogens is 164 g/mol. The van der Waals surface area contributed by atoms with Crippen molar-refractivity contribution in [3.63, 3.8) is 0 Å². The van der Waals surface area contributed by atoms with Gasteiger partial charge in [-0.15, -0.1) is 5.53 Å². The summed E-state index contributed by atoms with van der Waals surface area (Å²) in [6.07, 6.45) is 5.35. The van der Waals surface area contributed by atoms with E-state index in [1.54, 1.807) is 17.4 Å². The van der Waals surface area contributed by atoms with Crippen LogP contribution in [0.5, 0.6) is 0 Å². The molecule has 2 aliphatic rings. The normalized spacial score (nSPS) is 21.6. The average molecular weight is 171 g/mol. The monoisotopic (exact) mass is 170 g/mol. The van der Waals surface area contributed by atoms with Crippen molar-refractivity contribution in [2.24, 2.45) is 4.99 Å². The second-order valence-corrected chi connectivity index (χ2v) is 2.73. The lowest BCUT2D eigenvalue weighted by Crippen LogP contribution is -2.37. The maximum Gasteiger partial charge on any atom is 0.133 e. The number of aliphatic imine (C=N–C) groups is 1. The Hall–Kier alpha value is -1.00. The van der Waals surface area contributed by atoms with Crippen LogP contribution in [0.4, 0.5) is 0 Å². The Morgan fingerprint density at radius 1 is 1.64 bits per heavy atom. The van der Waals surface area contributed by atoms with Crippen molar-refractivity contribution in [3.8, 4) is 0 Å². The summed E-state index contributed by atoms with van der Waals surface area (Å²) in [5.41, 5.74) is 3.99. The number of nitrogens with zero attached hydrogens (tertiary/aromatic N) is 3. The van der Waals surface area contributed by atoms with Crippen LogP contribution < -0.4 is 5.53 Å². The van der Waals surface area contributed by atoms with Crippen molar-refractivity contribution < 1.29 is 0 Å². The number of hydrogen-bond donors (Lipinski definition) is 1. The van der Waals surface area contributed by atoms with Crippen LogP contribution >= 0.6 is 11.6 Å². The van der Waals surface area contributed by atoms with Crippen LogP contribution in [0, 0.1) is 0 Å². The van der Waals surface area contributed by atoms with Crippen LogP contribution in [-0.2, 0) is 0 Å². The van der Waals surface area contributed by atoms with Gasteiger partial charge in [-0.1, -0.05) is 11.6 Å². The van der Waals surface area contributed by atoms with E-state index in [1.807, 2.05) is 18.3 Å². The van der Waals surface area contributed by atoms with Crippen molar-refractivity contribution in [2.45, 2.75) is 0 Å². The highest BCUT2D eigenvalue weighted by atomic mass is 35.5. The van der Waals surface area contributed by atoms with Crippen LogP contribution in [0.1, 0.15) is 0 Å². The molecule has 0 aromatic rings. The summed E-state index contributed by atoms with van der Waals surface area (Å²) in [7, 11) is 1.90. The van der Waals surface area contributed by atoms with Gasteiger partial charge < -0.3 is 0 Å². The predicted molar refractivity (Wildman–Crippen MR) is 43.2 cm³/mol. The maximum absolute atomic E-state index is 5.68. The Kier molecular flexibility index (Phi) is 1.37. The van der Waals surface area contributed by atoms with Crippen LogP contribution in [0.15, 0.2) is 28.1 Å². The van der Waals surface area contributed by atoms with E-state index >= 15 is 0 Å². The van der Waals surface area contributed by atoms with Gasteiger partial charge >= 0.3 is 0 Å². The fraction of sp³-hybridized carbons (Fsp3) is 0.167. The highest BCUT2D eigenvalue weighted by Gasteiger charge is 2.17. The highest BCUT2D eigenvalue weighted by molar-refractivity contribution is 6.30. The topological polar surface area (TPSA) is 30.9 Å². The molecule has 0 aromatic carbocycles. The molecule has 0 aromatic heterocycles. The summed E-state index contributed by atoms with van der Waals surface area (Å²) in [6.45, 7) is 0. The Morgan fingerprint density at radius 2 is 2.45 bits per heavy atom. The van der Waals surface area contributed by atoms with Crippen molar-refractivity contribution in [1.82, 2.24) is 15.6 Å². The molecule has 2 heterocycles. The first-order valence-electron chi connectivity index (χ1n) is 3.17. The molecule has 2 rings (SSSR count). The molecule has 58 valence electrons. The van der Waals surface area contributed by atoms with Gasteiger partial charge in [-0.05, 0) is 0 Å². The predicted octanol–water partition coefficient (Wildman–Crippen LogP) is 0.617. The van der Waals surface area contributed by atoms with Gasteiger partial charge in [-0.3, -0.25) is 5.01 Å². The fourth-order valence-electron chi connectivity index (χ4n) is 0.989. The van der Waals surface area contributed by atoms with Crippen LogP contribution in [0.25, 0.3) is 0 Å².